The van der Waals surface area contributed by atoms with Gasteiger partial charge in [0.25, 0.3) is 5.91 Å². The van der Waals surface area contributed by atoms with Crippen LogP contribution in [0.4, 0.5) is 22.0 Å². The van der Waals surface area contributed by atoms with Crippen molar-refractivity contribution in [3.63, 3.8) is 0 Å². The molecule has 9 nitrogen and oxygen atoms in total. The third-order valence-electron chi connectivity index (χ3n) is 11.5. The summed E-state index contributed by atoms with van der Waals surface area (Å²) in [5.74, 6) is -1.67. The molecule has 4 aliphatic rings. The molecule has 4 fully saturated rings. The zero-order chi connectivity index (χ0) is 36.0. The van der Waals surface area contributed by atoms with Crippen molar-refractivity contribution in [3.05, 3.63) is 59.0 Å². The molecular formula is C37H41F5N6O3. The van der Waals surface area contributed by atoms with Crippen molar-refractivity contribution in [2.75, 3.05) is 26.2 Å². The number of amides is 2. The summed E-state index contributed by atoms with van der Waals surface area (Å²) < 4.78 is 73.1. The Bertz CT molecular complexity index is 2010. The van der Waals surface area contributed by atoms with Crippen LogP contribution < -0.4 is 5.73 Å². The van der Waals surface area contributed by atoms with Crippen molar-refractivity contribution in [2.45, 2.75) is 88.3 Å². The zero-order valence-corrected chi connectivity index (χ0v) is 28.3. The topological polar surface area (TPSA) is 109 Å². The van der Waals surface area contributed by atoms with Gasteiger partial charge in [0.15, 0.2) is 5.60 Å². The molecule has 3 aromatic heterocycles. The number of para-hydroxylation sites is 1. The lowest BCUT2D eigenvalue weighted by Gasteiger charge is -2.45. The van der Waals surface area contributed by atoms with E-state index in [1.54, 1.807) is 4.90 Å². The molecule has 5 heterocycles. The van der Waals surface area contributed by atoms with Crippen LogP contribution in [0.25, 0.3) is 27.8 Å². The third kappa shape index (κ3) is 5.97. The Kier molecular flexibility index (Phi) is 8.21. The molecule has 2 saturated heterocycles. The van der Waals surface area contributed by atoms with E-state index < -0.39 is 54.5 Å². The van der Waals surface area contributed by atoms with Crippen molar-refractivity contribution < 1.29 is 36.6 Å². The molecule has 272 valence electrons. The van der Waals surface area contributed by atoms with Crippen LogP contribution >= 0.6 is 0 Å². The number of alkyl halides is 4. The second-order valence-electron chi connectivity index (χ2n) is 15.2. The Morgan fingerprint density at radius 1 is 1.04 bits per heavy atom. The van der Waals surface area contributed by atoms with Crippen LogP contribution in [-0.2, 0) is 11.3 Å². The molecule has 0 radical (unpaired) electrons. The quantitative estimate of drug-likeness (QED) is 0.248. The van der Waals surface area contributed by atoms with Gasteiger partial charge in [0.05, 0.1) is 23.3 Å². The van der Waals surface area contributed by atoms with E-state index in [-0.39, 0.29) is 42.4 Å². The number of pyridine rings is 1. The molecule has 8 rings (SSSR count). The van der Waals surface area contributed by atoms with E-state index in [1.807, 2.05) is 19.1 Å². The molecule has 1 aromatic carbocycles. The van der Waals surface area contributed by atoms with Gasteiger partial charge in [-0.1, -0.05) is 18.2 Å². The zero-order valence-electron chi connectivity index (χ0n) is 28.3. The molecule has 51 heavy (non-hydrogen) atoms. The van der Waals surface area contributed by atoms with Crippen molar-refractivity contribution in [1.29, 1.82) is 0 Å². The highest BCUT2D eigenvalue weighted by atomic mass is 19.4. The smallest absolute Gasteiger partial charge is 0.380 e. The molecule has 2 aliphatic carbocycles. The maximum atomic E-state index is 15.8. The lowest BCUT2D eigenvalue weighted by Crippen LogP contribution is -2.59. The van der Waals surface area contributed by atoms with Gasteiger partial charge in [-0.25, -0.2) is 13.3 Å². The molecule has 2 amide bonds. The van der Waals surface area contributed by atoms with E-state index in [9.17, 15) is 32.3 Å². The SMILES string of the molecule is Cc1c(-c2cc3cccc(C4CCN(C(=O)C5CC(O)(C(F)(F)F)C5)CC4)c3n2CC2CC2)nn2cc(C(=O)N3C[C@H](N)C[C@@H](F)C3)cc(F)c12. The fourth-order valence-electron chi connectivity index (χ4n) is 8.51. The number of halogens is 5. The number of hydrogen-bond donors (Lipinski definition) is 2. The van der Waals surface area contributed by atoms with Crippen LogP contribution in [0.1, 0.15) is 72.3 Å². The molecule has 2 atom stereocenters. The number of likely N-dealkylation sites (tertiary alicyclic amines) is 2. The molecular weight excluding hydrogens is 671 g/mol. The minimum Gasteiger partial charge on any atom is -0.380 e. The van der Waals surface area contributed by atoms with Crippen LogP contribution in [-0.4, -0.2) is 91.1 Å². The first-order valence-corrected chi connectivity index (χ1v) is 17.8. The van der Waals surface area contributed by atoms with Crippen molar-refractivity contribution in [1.82, 2.24) is 24.0 Å². The van der Waals surface area contributed by atoms with Crippen LogP contribution in [0.2, 0.25) is 0 Å². The first-order chi connectivity index (χ1) is 24.2. The molecule has 0 bridgehead atoms. The number of nitrogens with zero attached hydrogens (tertiary/aromatic N) is 5. The summed E-state index contributed by atoms with van der Waals surface area (Å²) in [6, 6.07) is 8.88. The van der Waals surface area contributed by atoms with E-state index in [0.29, 0.717) is 43.1 Å². The number of piperidine rings is 2. The van der Waals surface area contributed by atoms with Gasteiger partial charge >= 0.3 is 6.18 Å². The summed E-state index contributed by atoms with van der Waals surface area (Å²) in [5, 5.41) is 15.7. The van der Waals surface area contributed by atoms with Crippen LogP contribution in [0.15, 0.2) is 36.5 Å². The molecule has 2 aliphatic heterocycles. The number of hydrogen-bond acceptors (Lipinski definition) is 5. The average Bonchev–Trinajstić information content (AvgIpc) is 3.73. The Morgan fingerprint density at radius 2 is 1.76 bits per heavy atom. The van der Waals surface area contributed by atoms with Gasteiger partial charge in [-0.05, 0) is 81.4 Å². The molecule has 3 N–H and O–H groups in total. The summed E-state index contributed by atoms with van der Waals surface area (Å²) in [5.41, 5.74) is 7.70. The second-order valence-corrected chi connectivity index (χ2v) is 15.2. The summed E-state index contributed by atoms with van der Waals surface area (Å²) in [7, 11) is 0. The van der Waals surface area contributed by atoms with Gasteiger partial charge in [-0.15, -0.1) is 0 Å². The highest BCUT2D eigenvalue weighted by Crippen LogP contribution is 2.49. The summed E-state index contributed by atoms with van der Waals surface area (Å²) in [6.07, 6.45) is -2.03. The summed E-state index contributed by atoms with van der Waals surface area (Å²) in [4.78, 5) is 29.3. The average molecular weight is 713 g/mol. The summed E-state index contributed by atoms with van der Waals surface area (Å²) >= 11 is 0. The lowest BCUT2D eigenvalue weighted by molar-refractivity contribution is -0.296. The Balaban J connectivity index is 1.08. The van der Waals surface area contributed by atoms with Gasteiger partial charge < -0.3 is 25.2 Å². The maximum Gasteiger partial charge on any atom is 0.417 e. The monoisotopic (exact) mass is 712 g/mol. The number of fused-ring (bicyclic) bond motifs is 2. The Labute approximate surface area is 291 Å². The molecule has 0 spiro atoms. The van der Waals surface area contributed by atoms with Gasteiger partial charge in [0.1, 0.15) is 23.2 Å². The molecule has 14 heteroatoms. The number of aliphatic hydroxyl groups is 1. The normalized spacial score (nSPS) is 26.2. The number of benzene rings is 1. The second kappa shape index (κ2) is 12.3. The van der Waals surface area contributed by atoms with E-state index in [4.69, 9.17) is 10.8 Å². The van der Waals surface area contributed by atoms with Gasteiger partial charge in [0.2, 0.25) is 5.91 Å². The number of carbonyl (C=O) groups excluding carboxylic acids is 2. The minimum absolute atomic E-state index is 0.0642. The number of aromatic nitrogens is 3. The summed E-state index contributed by atoms with van der Waals surface area (Å²) in [6.45, 7) is 3.48. The van der Waals surface area contributed by atoms with E-state index >= 15 is 4.39 Å². The standard InChI is InChI=1S/C37H41F5N6O3/c1-20-31(44-48-17-24(11-29(39)32(20)48)34(49)46-18-26(38)13-27(43)19-46)30-12-23-3-2-4-28(33(23)47(30)16-21-5-6-21)22-7-9-45(10-8-22)35(50)25-14-36(51,15-25)37(40,41)42/h2-4,11-12,17,21-22,25-27,51H,5-10,13-16,18-19,43H2,1H3/t25?,26-,27-,36?/m1/s1. The van der Waals surface area contributed by atoms with Crippen LogP contribution in [0.3, 0.4) is 0 Å². The highest BCUT2D eigenvalue weighted by Gasteiger charge is 2.63. The number of aryl methyl sites for hydroxylation is 1. The Hall–Kier alpha value is -4.04. The van der Waals surface area contributed by atoms with Crippen molar-refractivity contribution in [2.24, 2.45) is 17.6 Å². The third-order valence-corrected chi connectivity index (χ3v) is 11.5. The highest BCUT2D eigenvalue weighted by molar-refractivity contribution is 5.95. The predicted molar refractivity (Wildman–Crippen MR) is 179 cm³/mol. The van der Waals surface area contributed by atoms with Gasteiger partial charge in [-0.3, -0.25) is 9.59 Å². The Morgan fingerprint density at radius 3 is 2.43 bits per heavy atom. The van der Waals surface area contributed by atoms with Gasteiger partial charge in [-0.2, -0.15) is 18.3 Å². The fraction of sp³-hybridized carbons (Fsp3) is 0.541. The van der Waals surface area contributed by atoms with Crippen LogP contribution in [0, 0.1) is 24.6 Å². The van der Waals surface area contributed by atoms with Crippen molar-refractivity contribution >= 4 is 28.2 Å². The number of rotatable bonds is 6. The van der Waals surface area contributed by atoms with Gasteiger partial charge in [0, 0.05) is 55.3 Å². The minimum atomic E-state index is -4.74. The lowest BCUT2D eigenvalue weighted by atomic mass is 9.69. The largest absolute Gasteiger partial charge is 0.417 e. The number of nitrogens with two attached hydrogens (primary N) is 1. The predicted octanol–water partition coefficient (Wildman–Crippen LogP) is 5.73. The maximum absolute atomic E-state index is 15.8. The molecule has 2 saturated carbocycles. The van der Waals surface area contributed by atoms with E-state index in [2.05, 4.69) is 16.7 Å². The first-order valence-electron chi connectivity index (χ1n) is 17.8. The number of carbonyl (C=O) groups is 2. The van der Waals surface area contributed by atoms with E-state index in [0.717, 1.165) is 41.5 Å². The molecule has 0 unspecified atom stereocenters. The van der Waals surface area contributed by atoms with E-state index in [1.165, 1.54) is 21.7 Å². The first kappa shape index (κ1) is 34.1. The van der Waals surface area contributed by atoms with Crippen LogP contribution in [0.5, 0.6) is 0 Å². The fourth-order valence-corrected chi connectivity index (χ4v) is 8.51. The molecule has 4 aromatic rings. The van der Waals surface area contributed by atoms with Crippen molar-refractivity contribution in [3.8, 4) is 11.4 Å².